The number of hydrogen-bond donors (Lipinski definition) is 2. The molecule has 2 atom stereocenters. The van der Waals surface area contributed by atoms with E-state index in [1.165, 1.54) is 12.1 Å². The molecule has 0 aromatic heterocycles. The van der Waals surface area contributed by atoms with Crippen molar-refractivity contribution in [2.45, 2.75) is 23.6 Å². The van der Waals surface area contributed by atoms with E-state index in [1.54, 1.807) is 48.5 Å². The molecule has 7 nitrogen and oxygen atoms in total. The summed E-state index contributed by atoms with van der Waals surface area (Å²) in [6.45, 7) is -0.487. The summed E-state index contributed by atoms with van der Waals surface area (Å²) in [6.07, 6.45) is -2.09. The second-order valence-electron chi connectivity index (χ2n) is 6.71. The first-order chi connectivity index (χ1) is 15.0. The van der Waals surface area contributed by atoms with Crippen molar-refractivity contribution in [1.29, 1.82) is 0 Å². The average molecular weight is 442 g/mol. The molecule has 8 heteroatoms. The van der Waals surface area contributed by atoms with Crippen LogP contribution in [0.4, 0.5) is 4.79 Å². The lowest BCUT2D eigenvalue weighted by molar-refractivity contribution is 0.0678. The van der Waals surface area contributed by atoms with Gasteiger partial charge < -0.3 is 15.2 Å². The van der Waals surface area contributed by atoms with Crippen molar-refractivity contribution in [3.05, 3.63) is 102 Å². The van der Waals surface area contributed by atoms with Gasteiger partial charge in [-0.3, -0.25) is 4.18 Å². The van der Waals surface area contributed by atoms with E-state index < -0.39 is 35.0 Å². The molecule has 0 radical (unpaired) electrons. The molecule has 0 fully saturated rings. The Bertz CT molecular complexity index is 1060. The quantitative estimate of drug-likeness (QED) is 0.494. The highest BCUT2D eigenvalue weighted by Crippen LogP contribution is 2.20. The van der Waals surface area contributed by atoms with Gasteiger partial charge in [0, 0.05) is 0 Å². The Morgan fingerprint density at radius 2 is 1.42 bits per heavy atom. The maximum absolute atomic E-state index is 12.3. The second kappa shape index (κ2) is 10.7. The van der Waals surface area contributed by atoms with Crippen LogP contribution < -0.4 is 5.32 Å². The Morgan fingerprint density at radius 3 is 2.03 bits per heavy atom. The highest BCUT2D eigenvalue weighted by atomic mass is 32.2. The maximum atomic E-state index is 12.3. The molecular formula is C23H23NO6S. The van der Waals surface area contributed by atoms with Crippen molar-refractivity contribution in [3.63, 3.8) is 0 Å². The lowest BCUT2D eigenvalue weighted by atomic mass is 10.0. The number of amides is 1. The van der Waals surface area contributed by atoms with Crippen LogP contribution >= 0.6 is 0 Å². The van der Waals surface area contributed by atoms with Gasteiger partial charge in [0.2, 0.25) is 0 Å². The molecule has 2 unspecified atom stereocenters. The number of nitrogens with one attached hydrogen (secondary N) is 1. The zero-order chi connectivity index (χ0) is 22.1. The molecule has 1 amide bonds. The molecule has 3 rings (SSSR count). The monoisotopic (exact) mass is 441 g/mol. The summed E-state index contributed by atoms with van der Waals surface area (Å²) < 4.78 is 34.9. The van der Waals surface area contributed by atoms with Crippen molar-refractivity contribution in [2.75, 3.05) is 6.61 Å². The molecule has 0 aliphatic heterocycles. The summed E-state index contributed by atoms with van der Waals surface area (Å²) in [5, 5.41) is 13.2. The fourth-order valence-electron chi connectivity index (χ4n) is 2.86. The minimum Gasteiger partial charge on any atom is -0.445 e. The number of alkyl carbamates (subject to hydrolysis) is 1. The maximum Gasteiger partial charge on any atom is 0.408 e. The topological polar surface area (TPSA) is 102 Å². The summed E-state index contributed by atoms with van der Waals surface area (Å²) in [5.74, 6) is 0. The first-order valence-corrected chi connectivity index (χ1v) is 11.0. The van der Waals surface area contributed by atoms with E-state index in [9.17, 15) is 18.3 Å². The smallest absolute Gasteiger partial charge is 0.408 e. The van der Waals surface area contributed by atoms with Gasteiger partial charge in [-0.2, -0.15) is 8.42 Å². The minimum atomic E-state index is -4.05. The minimum absolute atomic E-state index is 0.0197. The van der Waals surface area contributed by atoms with Crippen LogP contribution in [0.3, 0.4) is 0 Å². The Morgan fingerprint density at radius 1 is 0.871 bits per heavy atom. The first kappa shape index (κ1) is 22.5. The van der Waals surface area contributed by atoms with Crippen LogP contribution in [-0.4, -0.2) is 32.3 Å². The number of hydrogen-bond acceptors (Lipinski definition) is 6. The van der Waals surface area contributed by atoms with Gasteiger partial charge in [0.25, 0.3) is 10.1 Å². The third-order valence-electron chi connectivity index (χ3n) is 4.46. The highest BCUT2D eigenvalue weighted by molar-refractivity contribution is 7.86. The summed E-state index contributed by atoms with van der Waals surface area (Å²) in [5.41, 5.74) is 1.39. The van der Waals surface area contributed by atoms with E-state index in [1.807, 2.05) is 30.3 Å². The molecule has 3 aromatic rings. The van der Waals surface area contributed by atoms with E-state index in [-0.39, 0.29) is 11.5 Å². The van der Waals surface area contributed by atoms with Crippen molar-refractivity contribution in [2.24, 2.45) is 0 Å². The van der Waals surface area contributed by atoms with Crippen LogP contribution in [-0.2, 0) is 25.6 Å². The molecule has 2 N–H and O–H groups in total. The van der Waals surface area contributed by atoms with E-state index >= 15 is 0 Å². The Balaban J connectivity index is 1.66. The van der Waals surface area contributed by atoms with E-state index in [4.69, 9.17) is 8.92 Å². The van der Waals surface area contributed by atoms with Gasteiger partial charge in [-0.25, -0.2) is 4.79 Å². The zero-order valence-corrected chi connectivity index (χ0v) is 17.4. The fourth-order valence-corrected chi connectivity index (χ4v) is 3.81. The summed E-state index contributed by atoms with van der Waals surface area (Å²) in [7, 11) is -4.05. The molecule has 0 spiro atoms. The van der Waals surface area contributed by atoms with Crippen LogP contribution in [0.25, 0.3) is 0 Å². The summed E-state index contributed by atoms with van der Waals surface area (Å²) in [4.78, 5) is 12.3. The lowest BCUT2D eigenvalue weighted by Gasteiger charge is -2.24. The van der Waals surface area contributed by atoms with Crippen molar-refractivity contribution in [3.8, 4) is 0 Å². The standard InChI is InChI=1S/C23H23NO6S/c25-21(17-30-31(27,28)20-14-8-3-9-15-20)22(19-12-6-2-7-13-19)24-23(26)29-16-18-10-4-1-5-11-18/h1-15,21-22,25H,16-17H2,(H,24,26). The lowest BCUT2D eigenvalue weighted by Crippen LogP contribution is -2.39. The van der Waals surface area contributed by atoms with E-state index in [0.717, 1.165) is 5.56 Å². The van der Waals surface area contributed by atoms with Crippen molar-refractivity contribution in [1.82, 2.24) is 5.32 Å². The van der Waals surface area contributed by atoms with Crippen molar-refractivity contribution >= 4 is 16.2 Å². The van der Waals surface area contributed by atoms with Gasteiger partial charge in [-0.1, -0.05) is 78.9 Å². The van der Waals surface area contributed by atoms with Gasteiger partial charge >= 0.3 is 6.09 Å². The van der Waals surface area contributed by atoms with Crippen LogP contribution in [0.5, 0.6) is 0 Å². The highest BCUT2D eigenvalue weighted by Gasteiger charge is 2.26. The Labute approximate surface area is 181 Å². The van der Waals surface area contributed by atoms with E-state index in [0.29, 0.717) is 5.56 Å². The molecule has 0 saturated carbocycles. The molecule has 0 aliphatic rings. The molecule has 0 bridgehead atoms. The second-order valence-corrected chi connectivity index (χ2v) is 8.33. The number of ether oxygens (including phenoxy) is 1. The van der Waals surface area contributed by atoms with Crippen molar-refractivity contribution < 1.29 is 27.2 Å². The Kier molecular flexibility index (Phi) is 7.77. The van der Waals surface area contributed by atoms with Crippen LogP contribution in [0, 0.1) is 0 Å². The van der Waals surface area contributed by atoms with E-state index in [2.05, 4.69) is 5.32 Å². The van der Waals surface area contributed by atoms with Gasteiger partial charge in [0.15, 0.2) is 0 Å². The summed E-state index contributed by atoms with van der Waals surface area (Å²) >= 11 is 0. The van der Waals surface area contributed by atoms with Crippen LogP contribution in [0.15, 0.2) is 95.9 Å². The fraction of sp³-hybridized carbons (Fsp3) is 0.174. The normalized spacial score (nSPS) is 13.2. The van der Waals surface area contributed by atoms with Gasteiger partial charge in [-0.05, 0) is 23.3 Å². The largest absolute Gasteiger partial charge is 0.445 e. The number of benzene rings is 3. The molecule has 31 heavy (non-hydrogen) atoms. The third-order valence-corrected chi connectivity index (χ3v) is 5.75. The van der Waals surface area contributed by atoms with Gasteiger partial charge in [0.05, 0.1) is 17.5 Å². The predicted molar refractivity (Wildman–Crippen MR) is 115 cm³/mol. The van der Waals surface area contributed by atoms with Gasteiger partial charge in [-0.15, -0.1) is 0 Å². The Hall–Kier alpha value is -3.20. The molecule has 0 aliphatic carbocycles. The number of aliphatic hydroxyl groups is 1. The van der Waals surface area contributed by atoms with Crippen LogP contribution in [0.2, 0.25) is 0 Å². The molecule has 3 aromatic carbocycles. The number of aliphatic hydroxyl groups excluding tert-OH is 1. The zero-order valence-electron chi connectivity index (χ0n) is 16.6. The van der Waals surface area contributed by atoms with Crippen LogP contribution in [0.1, 0.15) is 17.2 Å². The molecule has 0 heterocycles. The number of carbonyl (C=O) groups excluding carboxylic acids is 1. The molecule has 0 saturated heterocycles. The number of carbonyl (C=O) groups is 1. The molecule has 162 valence electrons. The predicted octanol–water partition coefficient (Wildman–Crippen LogP) is 3.42. The van der Waals surface area contributed by atoms with Gasteiger partial charge in [0.1, 0.15) is 12.7 Å². The molecular weight excluding hydrogens is 418 g/mol. The third kappa shape index (κ3) is 6.65. The summed E-state index contributed by atoms with van der Waals surface area (Å²) in [6, 6.07) is 24.5. The first-order valence-electron chi connectivity index (χ1n) is 9.60. The average Bonchev–Trinajstić information content (AvgIpc) is 2.81. The number of rotatable bonds is 9. The SMILES string of the molecule is O=C(NC(c1ccccc1)C(O)COS(=O)(=O)c1ccccc1)OCc1ccccc1.